The Kier molecular flexibility index (Phi) is 4.75. The van der Waals surface area contributed by atoms with Crippen LogP contribution in [0.15, 0.2) is 24.3 Å². The van der Waals surface area contributed by atoms with Crippen LogP contribution in [0.4, 0.5) is 5.69 Å². The van der Waals surface area contributed by atoms with Gasteiger partial charge in [0.05, 0.1) is 19.3 Å². The van der Waals surface area contributed by atoms with Crippen molar-refractivity contribution >= 4 is 11.6 Å². The summed E-state index contributed by atoms with van der Waals surface area (Å²) < 4.78 is 4.86. The van der Waals surface area contributed by atoms with Crippen molar-refractivity contribution < 1.29 is 14.6 Å². The third kappa shape index (κ3) is 3.52. The molecule has 0 aliphatic carbocycles. The average Bonchev–Trinajstić information content (AvgIpc) is 2.28. The molecule has 1 unspecified atom stereocenters. The molecule has 0 fully saturated rings. The predicted octanol–water partition coefficient (Wildman–Crippen LogP) is 0.00590. The first-order valence-corrected chi connectivity index (χ1v) is 4.93. The predicted molar refractivity (Wildman–Crippen MR) is 61.1 cm³/mol. The van der Waals surface area contributed by atoms with Crippen molar-refractivity contribution in [3.63, 3.8) is 0 Å². The van der Waals surface area contributed by atoms with E-state index in [9.17, 15) is 4.79 Å². The second-order valence-corrected chi connectivity index (χ2v) is 3.43. The number of nitrogen functional groups attached to an aromatic ring is 1. The molecule has 0 radical (unpaired) electrons. The number of aliphatic hydroxyl groups is 1. The van der Waals surface area contributed by atoms with Gasteiger partial charge in [-0.15, -0.1) is 0 Å². The number of methoxy groups -OCH3 is 1. The maximum atomic E-state index is 11.7. The SMILES string of the molecule is COCC(CO)NC(=O)c1cccc(N)c1. The van der Waals surface area contributed by atoms with Crippen LogP contribution in [-0.4, -0.2) is 37.4 Å². The van der Waals surface area contributed by atoms with Crippen molar-refractivity contribution in [3.8, 4) is 0 Å². The van der Waals surface area contributed by atoms with E-state index in [2.05, 4.69) is 5.32 Å². The second-order valence-electron chi connectivity index (χ2n) is 3.43. The molecule has 0 aromatic heterocycles. The number of carbonyl (C=O) groups is 1. The Bertz CT molecular complexity index is 355. The zero-order valence-electron chi connectivity index (χ0n) is 9.14. The summed E-state index contributed by atoms with van der Waals surface area (Å²) >= 11 is 0. The number of benzene rings is 1. The Balaban J connectivity index is 2.64. The molecular weight excluding hydrogens is 208 g/mol. The summed E-state index contributed by atoms with van der Waals surface area (Å²) in [4.78, 5) is 11.7. The van der Waals surface area contributed by atoms with Gasteiger partial charge in [0.2, 0.25) is 0 Å². The zero-order chi connectivity index (χ0) is 12.0. The lowest BCUT2D eigenvalue weighted by Gasteiger charge is -2.15. The van der Waals surface area contributed by atoms with Gasteiger partial charge in [-0.3, -0.25) is 4.79 Å². The molecule has 1 atom stereocenters. The number of carbonyl (C=O) groups excluding carboxylic acids is 1. The number of nitrogens with one attached hydrogen (secondary N) is 1. The molecule has 0 saturated heterocycles. The third-order valence-electron chi connectivity index (χ3n) is 2.07. The summed E-state index contributed by atoms with van der Waals surface area (Å²) in [7, 11) is 1.51. The summed E-state index contributed by atoms with van der Waals surface area (Å²) in [6.07, 6.45) is 0. The monoisotopic (exact) mass is 224 g/mol. The van der Waals surface area contributed by atoms with Gasteiger partial charge in [0, 0.05) is 18.4 Å². The Labute approximate surface area is 94.2 Å². The number of rotatable bonds is 5. The highest BCUT2D eigenvalue weighted by Gasteiger charge is 2.12. The van der Waals surface area contributed by atoms with Gasteiger partial charge in [-0.05, 0) is 18.2 Å². The summed E-state index contributed by atoms with van der Waals surface area (Å²) in [6.45, 7) is 0.104. The molecule has 1 aromatic carbocycles. The van der Waals surface area contributed by atoms with E-state index < -0.39 is 6.04 Å². The minimum atomic E-state index is -0.404. The third-order valence-corrected chi connectivity index (χ3v) is 2.07. The Morgan fingerprint density at radius 1 is 1.62 bits per heavy atom. The maximum absolute atomic E-state index is 11.7. The molecule has 0 saturated carbocycles. The largest absolute Gasteiger partial charge is 0.399 e. The fraction of sp³-hybridized carbons (Fsp3) is 0.364. The lowest BCUT2D eigenvalue weighted by molar-refractivity contribution is 0.0840. The molecule has 0 bridgehead atoms. The molecule has 0 heterocycles. The Morgan fingerprint density at radius 3 is 2.94 bits per heavy atom. The minimum absolute atomic E-state index is 0.165. The molecule has 16 heavy (non-hydrogen) atoms. The van der Waals surface area contributed by atoms with Crippen LogP contribution in [0, 0.1) is 0 Å². The highest BCUT2D eigenvalue weighted by atomic mass is 16.5. The van der Waals surface area contributed by atoms with Gasteiger partial charge < -0.3 is 20.9 Å². The van der Waals surface area contributed by atoms with Crippen LogP contribution >= 0.6 is 0 Å². The van der Waals surface area contributed by atoms with Crippen LogP contribution in [0.5, 0.6) is 0 Å². The van der Waals surface area contributed by atoms with Crippen LogP contribution in [0.1, 0.15) is 10.4 Å². The summed E-state index contributed by atoms with van der Waals surface area (Å²) in [5, 5.41) is 11.6. The zero-order valence-corrected chi connectivity index (χ0v) is 9.14. The van der Waals surface area contributed by atoms with Gasteiger partial charge in [0.25, 0.3) is 5.91 Å². The Hall–Kier alpha value is -1.59. The lowest BCUT2D eigenvalue weighted by atomic mass is 10.2. The van der Waals surface area contributed by atoms with Crippen LogP contribution in [-0.2, 0) is 4.74 Å². The molecule has 88 valence electrons. The molecule has 0 aliphatic heterocycles. The van der Waals surface area contributed by atoms with Crippen LogP contribution in [0.2, 0.25) is 0 Å². The number of hydrogen-bond donors (Lipinski definition) is 3. The highest BCUT2D eigenvalue weighted by molar-refractivity contribution is 5.95. The number of ether oxygens (including phenoxy) is 1. The van der Waals surface area contributed by atoms with Crippen molar-refractivity contribution in [2.75, 3.05) is 26.1 Å². The molecule has 5 heteroatoms. The van der Waals surface area contributed by atoms with Gasteiger partial charge in [0.15, 0.2) is 0 Å². The molecule has 1 rings (SSSR count). The van der Waals surface area contributed by atoms with Gasteiger partial charge in [-0.25, -0.2) is 0 Å². The summed E-state index contributed by atoms with van der Waals surface area (Å²) in [6, 6.07) is 6.24. The maximum Gasteiger partial charge on any atom is 0.251 e. The number of nitrogens with two attached hydrogens (primary N) is 1. The number of amides is 1. The average molecular weight is 224 g/mol. The smallest absolute Gasteiger partial charge is 0.251 e. The van der Waals surface area contributed by atoms with E-state index in [1.54, 1.807) is 24.3 Å². The first-order valence-electron chi connectivity index (χ1n) is 4.93. The van der Waals surface area contributed by atoms with Gasteiger partial charge in [-0.1, -0.05) is 6.07 Å². The van der Waals surface area contributed by atoms with E-state index in [0.717, 1.165) is 0 Å². The molecule has 0 spiro atoms. The standard InChI is InChI=1S/C11H16N2O3/c1-16-7-10(6-14)13-11(15)8-3-2-4-9(12)5-8/h2-5,10,14H,6-7,12H2,1H3,(H,13,15). The number of hydrogen-bond acceptors (Lipinski definition) is 4. The number of anilines is 1. The molecular formula is C11H16N2O3. The minimum Gasteiger partial charge on any atom is -0.399 e. The first-order chi connectivity index (χ1) is 7.67. The van der Waals surface area contributed by atoms with Crippen molar-refractivity contribution in [2.24, 2.45) is 0 Å². The first kappa shape index (κ1) is 12.5. The molecule has 1 amide bonds. The van der Waals surface area contributed by atoms with Crippen molar-refractivity contribution in [1.29, 1.82) is 0 Å². The summed E-state index contributed by atoms with van der Waals surface area (Å²) in [5.41, 5.74) is 6.56. The van der Waals surface area contributed by atoms with E-state index in [1.165, 1.54) is 7.11 Å². The summed E-state index contributed by atoms with van der Waals surface area (Å²) in [5.74, 6) is -0.275. The quantitative estimate of drug-likeness (QED) is 0.615. The van der Waals surface area contributed by atoms with Gasteiger partial charge in [-0.2, -0.15) is 0 Å². The second kappa shape index (κ2) is 6.09. The van der Waals surface area contributed by atoms with E-state index in [4.69, 9.17) is 15.6 Å². The highest BCUT2D eigenvalue weighted by Crippen LogP contribution is 2.06. The van der Waals surface area contributed by atoms with Crippen molar-refractivity contribution in [1.82, 2.24) is 5.32 Å². The molecule has 1 aromatic rings. The number of aliphatic hydroxyl groups excluding tert-OH is 1. The Morgan fingerprint density at radius 2 is 2.38 bits per heavy atom. The van der Waals surface area contributed by atoms with Gasteiger partial charge in [0.1, 0.15) is 0 Å². The van der Waals surface area contributed by atoms with Gasteiger partial charge >= 0.3 is 0 Å². The van der Waals surface area contributed by atoms with Crippen LogP contribution in [0.3, 0.4) is 0 Å². The van der Waals surface area contributed by atoms with Crippen molar-refractivity contribution in [2.45, 2.75) is 6.04 Å². The van der Waals surface area contributed by atoms with E-state index >= 15 is 0 Å². The van der Waals surface area contributed by atoms with E-state index in [0.29, 0.717) is 11.3 Å². The van der Waals surface area contributed by atoms with Crippen LogP contribution in [0.25, 0.3) is 0 Å². The normalized spacial score (nSPS) is 12.1. The fourth-order valence-corrected chi connectivity index (χ4v) is 1.29. The van der Waals surface area contributed by atoms with E-state index in [-0.39, 0.29) is 19.1 Å². The van der Waals surface area contributed by atoms with Crippen LogP contribution < -0.4 is 11.1 Å². The molecule has 4 N–H and O–H groups in total. The lowest BCUT2D eigenvalue weighted by Crippen LogP contribution is -2.40. The molecule has 5 nitrogen and oxygen atoms in total. The topological polar surface area (TPSA) is 84.6 Å². The fourth-order valence-electron chi connectivity index (χ4n) is 1.29. The van der Waals surface area contributed by atoms with Crippen molar-refractivity contribution in [3.05, 3.63) is 29.8 Å². The van der Waals surface area contributed by atoms with E-state index in [1.807, 2.05) is 0 Å². The molecule has 0 aliphatic rings.